The van der Waals surface area contributed by atoms with Crippen molar-refractivity contribution in [3.05, 3.63) is 35.9 Å². The topological polar surface area (TPSA) is 53.3 Å². The maximum atomic E-state index is 9.57. The molecule has 3 nitrogen and oxygen atoms in total. The lowest BCUT2D eigenvalue weighted by molar-refractivity contribution is 0.190. The molecule has 0 aliphatic heterocycles. The summed E-state index contributed by atoms with van der Waals surface area (Å²) in [6.07, 6.45) is -0.943. The molecule has 1 atom stereocenters. The molecule has 0 spiro atoms. The second-order valence-corrected chi connectivity index (χ2v) is 2.61. The molecule has 0 fully saturated rings. The molecule has 1 unspecified atom stereocenters. The lowest BCUT2D eigenvalue weighted by Crippen LogP contribution is -2.14. The first-order chi connectivity index (χ1) is 6.25. The molecular weight excluding hydrogens is 166 g/mol. The molecule has 0 aliphatic rings. The Labute approximate surface area is 77.5 Å². The van der Waals surface area contributed by atoms with Crippen LogP contribution in [0.15, 0.2) is 30.3 Å². The first-order valence-corrected chi connectivity index (χ1v) is 4.20. The minimum Gasteiger partial charge on any atom is -0.479 e. The third-order valence-corrected chi connectivity index (χ3v) is 1.66. The van der Waals surface area contributed by atoms with Crippen molar-refractivity contribution in [3.63, 3.8) is 0 Å². The molecule has 0 radical (unpaired) electrons. The van der Waals surface area contributed by atoms with Gasteiger partial charge in [-0.3, -0.25) is 5.41 Å². The predicted octanol–water partition coefficient (Wildman–Crippen LogP) is 1.73. The molecule has 0 amide bonds. The number of hydrogen-bond acceptors (Lipinski definition) is 3. The Balaban J connectivity index is 2.68. The molecule has 70 valence electrons. The molecule has 0 aromatic heterocycles. The monoisotopic (exact) mass is 179 g/mol. The normalized spacial score (nSPS) is 12.2. The van der Waals surface area contributed by atoms with Crippen molar-refractivity contribution in [1.29, 1.82) is 5.41 Å². The molecule has 13 heavy (non-hydrogen) atoms. The Kier molecular flexibility index (Phi) is 3.46. The van der Waals surface area contributed by atoms with Gasteiger partial charge in [-0.05, 0) is 12.5 Å². The fourth-order valence-corrected chi connectivity index (χ4v) is 1.02. The zero-order chi connectivity index (χ0) is 9.68. The van der Waals surface area contributed by atoms with Gasteiger partial charge in [-0.25, -0.2) is 0 Å². The summed E-state index contributed by atoms with van der Waals surface area (Å²) in [5.74, 6) is -0.103. The van der Waals surface area contributed by atoms with E-state index in [1.807, 2.05) is 18.2 Å². The molecule has 0 bridgehead atoms. The van der Waals surface area contributed by atoms with Crippen LogP contribution in [0.25, 0.3) is 0 Å². The summed E-state index contributed by atoms with van der Waals surface area (Å²) in [6.45, 7) is 2.19. The minimum absolute atomic E-state index is 0.103. The zero-order valence-electron chi connectivity index (χ0n) is 7.53. The van der Waals surface area contributed by atoms with Gasteiger partial charge in [0.15, 0.2) is 6.10 Å². The highest BCUT2D eigenvalue weighted by molar-refractivity contribution is 5.78. The van der Waals surface area contributed by atoms with E-state index < -0.39 is 6.10 Å². The van der Waals surface area contributed by atoms with Crippen LogP contribution < -0.4 is 0 Å². The largest absolute Gasteiger partial charge is 0.479 e. The quantitative estimate of drug-likeness (QED) is 0.548. The van der Waals surface area contributed by atoms with Crippen LogP contribution in [-0.4, -0.2) is 17.6 Å². The van der Waals surface area contributed by atoms with Gasteiger partial charge in [0, 0.05) is 0 Å². The van der Waals surface area contributed by atoms with Gasteiger partial charge in [-0.15, -0.1) is 0 Å². The maximum Gasteiger partial charge on any atom is 0.214 e. The summed E-state index contributed by atoms with van der Waals surface area (Å²) in [7, 11) is 0. The summed E-state index contributed by atoms with van der Waals surface area (Å²) in [5.41, 5.74) is 0.681. The van der Waals surface area contributed by atoms with E-state index in [1.165, 1.54) is 0 Å². The Morgan fingerprint density at radius 1 is 1.46 bits per heavy atom. The van der Waals surface area contributed by atoms with Gasteiger partial charge in [0.1, 0.15) is 0 Å². The summed E-state index contributed by atoms with van der Waals surface area (Å²) in [6, 6.07) is 9.02. The zero-order valence-corrected chi connectivity index (χ0v) is 7.53. The van der Waals surface area contributed by atoms with Crippen molar-refractivity contribution in [3.8, 4) is 0 Å². The third kappa shape index (κ3) is 2.56. The molecule has 0 saturated carbocycles. The van der Waals surface area contributed by atoms with E-state index in [9.17, 15) is 5.11 Å². The van der Waals surface area contributed by atoms with Gasteiger partial charge < -0.3 is 9.84 Å². The van der Waals surface area contributed by atoms with Crippen molar-refractivity contribution in [2.75, 3.05) is 6.61 Å². The van der Waals surface area contributed by atoms with Gasteiger partial charge in [0.05, 0.1) is 6.61 Å². The fourth-order valence-electron chi connectivity index (χ4n) is 1.02. The summed E-state index contributed by atoms with van der Waals surface area (Å²) >= 11 is 0. The predicted molar refractivity (Wildman–Crippen MR) is 50.8 cm³/mol. The van der Waals surface area contributed by atoms with Gasteiger partial charge in [0.25, 0.3) is 0 Å². The second-order valence-electron chi connectivity index (χ2n) is 2.61. The van der Waals surface area contributed by atoms with Crippen LogP contribution in [0.1, 0.15) is 18.6 Å². The van der Waals surface area contributed by atoms with Crippen molar-refractivity contribution >= 4 is 5.90 Å². The number of benzene rings is 1. The van der Waals surface area contributed by atoms with E-state index in [0.29, 0.717) is 12.2 Å². The fraction of sp³-hybridized carbons (Fsp3) is 0.300. The van der Waals surface area contributed by atoms with Crippen LogP contribution in [0.5, 0.6) is 0 Å². The van der Waals surface area contributed by atoms with E-state index in [0.717, 1.165) is 0 Å². The van der Waals surface area contributed by atoms with Crippen molar-refractivity contribution in [2.45, 2.75) is 13.0 Å². The van der Waals surface area contributed by atoms with Crippen LogP contribution in [0.2, 0.25) is 0 Å². The lowest BCUT2D eigenvalue weighted by Gasteiger charge is -2.11. The highest BCUT2D eigenvalue weighted by Crippen LogP contribution is 2.13. The molecule has 1 aromatic rings. The standard InChI is InChI=1S/C10H13NO2/c1-2-13-10(11)9(12)8-6-4-3-5-7-8/h3-7,9,11-12H,2H2,1H3. The van der Waals surface area contributed by atoms with Crippen molar-refractivity contribution < 1.29 is 9.84 Å². The molecular formula is C10H13NO2. The number of ether oxygens (including phenoxy) is 1. The van der Waals surface area contributed by atoms with Gasteiger partial charge in [-0.1, -0.05) is 30.3 Å². The molecule has 0 heterocycles. The lowest BCUT2D eigenvalue weighted by atomic mass is 10.1. The molecule has 0 saturated heterocycles. The molecule has 1 rings (SSSR count). The van der Waals surface area contributed by atoms with Gasteiger partial charge in [-0.2, -0.15) is 0 Å². The Morgan fingerprint density at radius 2 is 2.08 bits per heavy atom. The first kappa shape index (κ1) is 9.74. The summed E-state index contributed by atoms with van der Waals surface area (Å²) in [5, 5.41) is 16.9. The number of aliphatic hydroxyl groups excluding tert-OH is 1. The second kappa shape index (κ2) is 4.62. The number of aliphatic hydroxyl groups is 1. The van der Waals surface area contributed by atoms with E-state index in [4.69, 9.17) is 10.1 Å². The smallest absolute Gasteiger partial charge is 0.214 e. The van der Waals surface area contributed by atoms with Crippen LogP contribution >= 0.6 is 0 Å². The maximum absolute atomic E-state index is 9.57. The molecule has 3 heteroatoms. The average Bonchev–Trinajstić information content (AvgIpc) is 2.18. The van der Waals surface area contributed by atoms with Gasteiger partial charge in [0.2, 0.25) is 5.90 Å². The SMILES string of the molecule is CCOC(=N)C(O)c1ccccc1. The Bertz CT molecular complexity index is 272. The number of hydrogen-bond donors (Lipinski definition) is 2. The first-order valence-electron chi connectivity index (χ1n) is 4.20. The minimum atomic E-state index is -0.943. The Morgan fingerprint density at radius 3 is 2.62 bits per heavy atom. The average molecular weight is 179 g/mol. The summed E-state index contributed by atoms with van der Waals surface area (Å²) < 4.78 is 4.89. The van der Waals surface area contributed by atoms with E-state index in [2.05, 4.69) is 0 Å². The van der Waals surface area contributed by atoms with Crippen molar-refractivity contribution in [2.24, 2.45) is 0 Å². The molecule has 2 N–H and O–H groups in total. The highest BCUT2D eigenvalue weighted by Gasteiger charge is 2.13. The Hall–Kier alpha value is -1.35. The highest BCUT2D eigenvalue weighted by atomic mass is 16.5. The van der Waals surface area contributed by atoms with Crippen LogP contribution in [-0.2, 0) is 4.74 Å². The van der Waals surface area contributed by atoms with Gasteiger partial charge >= 0.3 is 0 Å². The summed E-state index contributed by atoms with van der Waals surface area (Å²) in [4.78, 5) is 0. The van der Waals surface area contributed by atoms with E-state index in [-0.39, 0.29) is 5.90 Å². The molecule has 0 aliphatic carbocycles. The number of rotatable bonds is 3. The van der Waals surface area contributed by atoms with Crippen LogP contribution in [0.4, 0.5) is 0 Å². The third-order valence-electron chi connectivity index (χ3n) is 1.66. The van der Waals surface area contributed by atoms with Crippen LogP contribution in [0.3, 0.4) is 0 Å². The van der Waals surface area contributed by atoms with E-state index >= 15 is 0 Å². The molecule has 1 aromatic carbocycles. The number of nitrogens with one attached hydrogen (secondary N) is 1. The van der Waals surface area contributed by atoms with Crippen LogP contribution in [0, 0.1) is 5.41 Å². The van der Waals surface area contributed by atoms with E-state index in [1.54, 1.807) is 19.1 Å². The van der Waals surface area contributed by atoms with Crippen molar-refractivity contribution in [1.82, 2.24) is 0 Å².